The second kappa shape index (κ2) is 6.31. The van der Waals surface area contributed by atoms with Crippen LogP contribution in [-0.2, 0) is 11.2 Å². The van der Waals surface area contributed by atoms with Gasteiger partial charge in [0, 0.05) is 29.7 Å². The average Bonchev–Trinajstić information content (AvgIpc) is 3.12. The van der Waals surface area contributed by atoms with Crippen molar-refractivity contribution in [2.75, 3.05) is 19.6 Å². The van der Waals surface area contributed by atoms with E-state index in [1.807, 2.05) is 24.4 Å². The maximum Gasteiger partial charge on any atom is 0.224 e. The van der Waals surface area contributed by atoms with Crippen LogP contribution in [0.3, 0.4) is 0 Å². The third-order valence-corrected chi connectivity index (χ3v) is 4.47. The van der Waals surface area contributed by atoms with Gasteiger partial charge in [-0.2, -0.15) is 0 Å². The number of hydrogen-bond donors (Lipinski definition) is 2. The molecule has 2 N–H and O–H groups in total. The molecule has 0 saturated carbocycles. The molecule has 112 valence electrons. The lowest BCUT2D eigenvalue weighted by Gasteiger charge is -2.22. The molecule has 1 amide bonds. The molecule has 0 spiro atoms. The molecule has 1 aromatic heterocycles. The van der Waals surface area contributed by atoms with Gasteiger partial charge in [0.15, 0.2) is 0 Å². The van der Waals surface area contributed by atoms with Crippen LogP contribution < -0.4 is 5.32 Å². The number of carbonyl (C=O) groups is 1. The highest BCUT2D eigenvalue weighted by molar-refractivity contribution is 5.88. The Morgan fingerprint density at radius 1 is 1.43 bits per heavy atom. The molecule has 1 aliphatic heterocycles. The average molecular weight is 285 g/mol. The highest BCUT2D eigenvalue weighted by Crippen LogP contribution is 2.18. The van der Waals surface area contributed by atoms with Gasteiger partial charge in [0.2, 0.25) is 5.91 Å². The highest BCUT2D eigenvalue weighted by atomic mass is 16.1. The molecule has 4 heteroatoms. The Bertz CT molecular complexity index is 619. The van der Waals surface area contributed by atoms with Gasteiger partial charge in [0.05, 0.1) is 6.42 Å². The Hall–Kier alpha value is -1.81. The molecule has 21 heavy (non-hydrogen) atoms. The summed E-state index contributed by atoms with van der Waals surface area (Å²) in [6, 6.07) is 8.62. The molecule has 1 fully saturated rings. The minimum Gasteiger partial charge on any atom is -0.361 e. The van der Waals surface area contributed by atoms with Crippen molar-refractivity contribution in [1.29, 1.82) is 0 Å². The molecule has 1 saturated heterocycles. The van der Waals surface area contributed by atoms with E-state index in [9.17, 15) is 4.79 Å². The van der Waals surface area contributed by atoms with Crippen molar-refractivity contribution in [3.8, 4) is 0 Å². The van der Waals surface area contributed by atoms with E-state index < -0.39 is 0 Å². The van der Waals surface area contributed by atoms with Crippen LogP contribution in [0.15, 0.2) is 30.5 Å². The summed E-state index contributed by atoms with van der Waals surface area (Å²) >= 11 is 0. The monoisotopic (exact) mass is 285 g/mol. The van der Waals surface area contributed by atoms with E-state index in [0.717, 1.165) is 29.6 Å². The fraction of sp³-hybridized carbons (Fsp3) is 0.471. The van der Waals surface area contributed by atoms with Crippen molar-refractivity contribution in [1.82, 2.24) is 15.2 Å². The minimum atomic E-state index is 0.114. The summed E-state index contributed by atoms with van der Waals surface area (Å²) < 4.78 is 0. The highest BCUT2D eigenvalue weighted by Gasteiger charge is 2.23. The molecule has 1 aliphatic rings. The van der Waals surface area contributed by atoms with Gasteiger partial charge in [0.25, 0.3) is 0 Å². The summed E-state index contributed by atoms with van der Waals surface area (Å²) in [5.41, 5.74) is 2.16. The van der Waals surface area contributed by atoms with E-state index in [4.69, 9.17) is 0 Å². The number of hydrogen-bond acceptors (Lipinski definition) is 2. The lowest BCUT2D eigenvalue weighted by molar-refractivity contribution is -0.120. The molecular weight excluding hydrogens is 262 g/mol. The summed E-state index contributed by atoms with van der Waals surface area (Å²) in [7, 11) is 0. The first-order valence-corrected chi connectivity index (χ1v) is 7.83. The number of likely N-dealkylation sites (tertiary alicyclic amines) is 1. The maximum atomic E-state index is 12.2. The number of nitrogens with zero attached hydrogens (tertiary/aromatic N) is 1. The number of aromatic amines is 1. The largest absolute Gasteiger partial charge is 0.361 e. The van der Waals surface area contributed by atoms with Crippen LogP contribution >= 0.6 is 0 Å². The van der Waals surface area contributed by atoms with Crippen LogP contribution in [0, 0.1) is 0 Å². The number of para-hydroxylation sites is 1. The topological polar surface area (TPSA) is 48.1 Å². The van der Waals surface area contributed by atoms with Crippen molar-refractivity contribution in [2.45, 2.75) is 32.2 Å². The van der Waals surface area contributed by atoms with Crippen LogP contribution in [0.1, 0.15) is 25.3 Å². The Morgan fingerprint density at radius 2 is 2.29 bits per heavy atom. The standard InChI is InChI=1S/C17H23N3O/c1-2-20-9-5-6-14(20)12-19-17(21)10-13-11-18-16-8-4-3-7-15(13)16/h3-4,7-8,11,14,18H,2,5-6,9-10,12H2,1H3,(H,19,21). The van der Waals surface area contributed by atoms with Gasteiger partial charge in [-0.1, -0.05) is 25.1 Å². The first-order chi connectivity index (χ1) is 10.3. The van der Waals surface area contributed by atoms with Crippen LogP contribution in [-0.4, -0.2) is 41.5 Å². The lowest BCUT2D eigenvalue weighted by Crippen LogP contribution is -2.40. The Kier molecular flexibility index (Phi) is 4.25. The minimum absolute atomic E-state index is 0.114. The SMILES string of the molecule is CCN1CCCC1CNC(=O)Cc1c[nH]c2ccccc12. The number of aromatic nitrogens is 1. The molecule has 1 aromatic carbocycles. The first-order valence-electron chi connectivity index (χ1n) is 7.83. The van der Waals surface area contributed by atoms with Gasteiger partial charge in [0.1, 0.15) is 0 Å². The van der Waals surface area contributed by atoms with Crippen LogP contribution in [0.5, 0.6) is 0 Å². The van der Waals surface area contributed by atoms with Gasteiger partial charge in [-0.15, -0.1) is 0 Å². The summed E-state index contributed by atoms with van der Waals surface area (Å²) in [6.07, 6.45) is 4.83. The molecule has 0 aliphatic carbocycles. The second-order valence-electron chi connectivity index (χ2n) is 5.76. The number of benzene rings is 1. The van der Waals surface area contributed by atoms with Gasteiger partial charge in [-0.05, 0) is 37.6 Å². The van der Waals surface area contributed by atoms with Crippen molar-refractivity contribution in [3.05, 3.63) is 36.0 Å². The van der Waals surface area contributed by atoms with Crippen molar-refractivity contribution in [3.63, 3.8) is 0 Å². The van der Waals surface area contributed by atoms with Crippen LogP contribution in [0.2, 0.25) is 0 Å². The van der Waals surface area contributed by atoms with Gasteiger partial charge >= 0.3 is 0 Å². The third kappa shape index (κ3) is 3.10. The summed E-state index contributed by atoms with van der Waals surface area (Å²) in [5.74, 6) is 0.114. The van der Waals surface area contributed by atoms with E-state index in [0.29, 0.717) is 12.5 Å². The van der Waals surface area contributed by atoms with E-state index in [1.54, 1.807) is 0 Å². The molecule has 0 radical (unpaired) electrons. The van der Waals surface area contributed by atoms with E-state index in [1.165, 1.54) is 19.4 Å². The van der Waals surface area contributed by atoms with Gasteiger partial charge in [-0.25, -0.2) is 0 Å². The fourth-order valence-electron chi connectivity index (χ4n) is 3.29. The number of amides is 1. The molecule has 2 heterocycles. The summed E-state index contributed by atoms with van der Waals surface area (Å²) in [4.78, 5) is 17.8. The van der Waals surface area contributed by atoms with Crippen LogP contribution in [0.25, 0.3) is 10.9 Å². The lowest BCUT2D eigenvalue weighted by atomic mass is 10.1. The zero-order valence-electron chi connectivity index (χ0n) is 12.6. The van der Waals surface area contributed by atoms with Crippen molar-refractivity contribution >= 4 is 16.8 Å². The second-order valence-corrected chi connectivity index (χ2v) is 5.76. The molecule has 0 bridgehead atoms. The summed E-state index contributed by atoms with van der Waals surface area (Å²) in [6.45, 7) is 5.20. The molecule has 4 nitrogen and oxygen atoms in total. The fourth-order valence-corrected chi connectivity index (χ4v) is 3.29. The zero-order valence-corrected chi connectivity index (χ0v) is 12.6. The Morgan fingerprint density at radius 3 is 3.14 bits per heavy atom. The normalized spacial score (nSPS) is 19.2. The number of H-pyrrole nitrogens is 1. The third-order valence-electron chi connectivity index (χ3n) is 4.47. The molecule has 1 atom stereocenters. The maximum absolute atomic E-state index is 12.2. The molecule has 2 aromatic rings. The predicted molar refractivity (Wildman–Crippen MR) is 85.3 cm³/mol. The molecule has 3 rings (SSSR count). The van der Waals surface area contributed by atoms with E-state index >= 15 is 0 Å². The van der Waals surface area contributed by atoms with Crippen molar-refractivity contribution < 1.29 is 4.79 Å². The molecule has 1 unspecified atom stereocenters. The number of likely N-dealkylation sites (N-methyl/N-ethyl adjacent to an activating group) is 1. The Labute approximate surface area is 125 Å². The quantitative estimate of drug-likeness (QED) is 0.885. The van der Waals surface area contributed by atoms with Gasteiger partial charge in [-0.3, -0.25) is 9.69 Å². The zero-order chi connectivity index (χ0) is 14.7. The first kappa shape index (κ1) is 14.1. The molecular formula is C17H23N3O. The van der Waals surface area contributed by atoms with Crippen LogP contribution in [0.4, 0.5) is 0 Å². The number of rotatable bonds is 5. The predicted octanol–water partition coefficient (Wildman–Crippen LogP) is 2.31. The number of carbonyl (C=O) groups excluding carboxylic acids is 1. The van der Waals surface area contributed by atoms with Crippen molar-refractivity contribution in [2.24, 2.45) is 0 Å². The van der Waals surface area contributed by atoms with E-state index in [2.05, 4.69) is 28.2 Å². The van der Waals surface area contributed by atoms with Gasteiger partial charge < -0.3 is 10.3 Å². The summed E-state index contributed by atoms with van der Waals surface area (Å²) in [5, 5.41) is 4.24. The number of fused-ring (bicyclic) bond motifs is 1. The smallest absolute Gasteiger partial charge is 0.224 e. The van der Waals surface area contributed by atoms with E-state index in [-0.39, 0.29) is 5.91 Å². The number of nitrogens with one attached hydrogen (secondary N) is 2. The Balaban J connectivity index is 1.57.